The maximum Gasteiger partial charge on any atom is 0.258 e. The molecule has 2 unspecified atom stereocenters. The summed E-state index contributed by atoms with van der Waals surface area (Å²) in [5.41, 5.74) is 1.02. The Morgan fingerprint density at radius 2 is 0.783 bits per heavy atom. The van der Waals surface area contributed by atoms with Crippen molar-refractivity contribution in [3.8, 4) is 0 Å². The molecule has 0 aliphatic rings. The highest BCUT2D eigenvalue weighted by Gasteiger charge is 2.25. The molecule has 5 aromatic carbocycles. The van der Waals surface area contributed by atoms with Gasteiger partial charge in [0.2, 0.25) is 12.1 Å². The predicted molar refractivity (Wildman–Crippen MR) is 233 cm³/mol. The molecule has 0 saturated heterocycles. The van der Waals surface area contributed by atoms with Crippen molar-refractivity contribution in [2.75, 3.05) is 21.3 Å². The van der Waals surface area contributed by atoms with Crippen LogP contribution in [0.1, 0.15) is 34.6 Å². The lowest BCUT2D eigenvalue weighted by Gasteiger charge is -2.12. The first-order chi connectivity index (χ1) is 28.5. The van der Waals surface area contributed by atoms with Crippen molar-refractivity contribution >= 4 is 139 Å². The van der Waals surface area contributed by atoms with E-state index in [0.29, 0.717) is 0 Å². The summed E-state index contributed by atoms with van der Waals surface area (Å²) in [6.07, 6.45) is 0. The predicted octanol–water partition coefficient (Wildman–Crippen LogP) is 11.5. The third kappa shape index (κ3) is 11.7. The van der Waals surface area contributed by atoms with Crippen molar-refractivity contribution in [3.05, 3.63) is 138 Å². The zero-order valence-corrected chi connectivity index (χ0v) is 35.4. The summed E-state index contributed by atoms with van der Waals surface area (Å²) >= 11 is 37.2. The number of anilines is 4. The molecule has 2 atom stereocenters. The molecule has 4 amide bonds. The molecule has 0 bridgehead atoms. The maximum atomic E-state index is 13.1. The Labute approximate surface area is 371 Å². The number of amides is 4. The smallest absolute Gasteiger partial charge is 0.258 e. The van der Waals surface area contributed by atoms with E-state index >= 15 is 0 Å². The van der Waals surface area contributed by atoms with Gasteiger partial charge in [0.05, 0.1) is 64.0 Å². The number of carbonyl (C=O) groups is 6. The first kappa shape index (κ1) is 45.3. The third-order valence-corrected chi connectivity index (χ3v) is 9.97. The highest BCUT2D eigenvalue weighted by molar-refractivity contribution is 6.41. The monoisotopic (exact) mass is 926 g/mol. The Balaban J connectivity index is 1.21. The fourth-order valence-electron chi connectivity index (χ4n) is 5.04. The van der Waals surface area contributed by atoms with Crippen LogP contribution >= 0.6 is 69.6 Å². The van der Waals surface area contributed by atoms with Gasteiger partial charge in [0.15, 0.2) is 11.6 Å². The van der Waals surface area contributed by atoms with Gasteiger partial charge in [0.25, 0.3) is 23.6 Å². The summed E-state index contributed by atoms with van der Waals surface area (Å²) in [6, 6.07) is 20.2. The van der Waals surface area contributed by atoms with E-state index in [4.69, 9.17) is 69.6 Å². The molecular weight excluding hydrogens is 901 g/mol. The van der Waals surface area contributed by atoms with Crippen molar-refractivity contribution in [1.82, 2.24) is 0 Å². The van der Waals surface area contributed by atoms with E-state index in [0.717, 1.165) is 13.8 Å². The van der Waals surface area contributed by atoms with Gasteiger partial charge < -0.3 is 21.3 Å². The van der Waals surface area contributed by atoms with Gasteiger partial charge in [-0.25, -0.2) is 0 Å². The van der Waals surface area contributed by atoms with Crippen LogP contribution in [-0.4, -0.2) is 47.3 Å². The minimum absolute atomic E-state index is 0.00337. The van der Waals surface area contributed by atoms with Gasteiger partial charge in [0, 0.05) is 11.4 Å². The Bertz CT molecular complexity index is 2370. The first-order valence-corrected chi connectivity index (χ1v) is 19.4. The molecule has 60 heavy (non-hydrogen) atoms. The Morgan fingerprint density at radius 3 is 1.10 bits per heavy atom. The van der Waals surface area contributed by atoms with Crippen molar-refractivity contribution < 1.29 is 28.8 Å². The molecule has 5 aromatic rings. The second-order valence-corrected chi connectivity index (χ2v) is 14.9. The summed E-state index contributed by atoms with van der Waals surface area (Å²) in [7, 11) is 0. The zero-order chi connectivity index (χ0) is 43.7. The van der Waals surface area contributed by atoms with Gasteiger partial charge in [-0.3, -0.25) is 28.8 Å². The van der Waals surface area contributed by atoms with E-state index in [2.05, 4.69) is 41.7 Å². The lowest BCUT2D eigenvalue weighted by Crippen LogP contribution is -2.32. The lowest BCUT2D eigenvalue weighted by molar-refractivity contribution is -0.127. The largest absolute Gasteiger partial charge is 0.324 e. The molecule has 4 N–H and O–H groups in total. The van der Waals surface area contributed by atoms with Gasteiger partial charge >= 0.3 is 0 Å². The number of hydrogen-bond acceptors (Lipinski definition) is 10. The highest BCUT2D eigenvalue weighted by Crippen LogP contribution is 2.33. The molecule has 0 aliphatic heterocycles. The normalized spacial score (nSPS) is 12.1. The Kier molecular flexibility index (Phi) is 15.5. The molecule has 0 heterocycles. The number of rotatable bonds is 14. The zero-order valence-electron chi connectivity index (χ0n) is 30.9. The van der Waals surface area contributed by atoms with Crippen LogP contribution in [0.15, 0.2) is 118 Å². The van der Waals surface area contributed by atoms with Crippen molar-refractivity contribution in [3.63, 3.8) is 0 Å². The van der Waals surface area contributed by atoms with E-state index in [1.807, 2.05) is 0 Å². The molecule has 306 valence electrons. The van der Waals surface area contributed by atoms with E-state index in [1.165, 1.54) is 60.7 Å². The van der Waals surface area contributed by atoms with Gasteiger partial charge in [-0.1, -0.05) is 81.7 Å². The van der Waals surface area contributed by atoms with Crippen molar-refractivity contribution in [2.24, 2.45) is 20.5 Å². The molecular formula is C40H28Cl6N8O6. The number of hydrogen-bond donors (Lipinski definition) is 4. The van der Waals surface area contributed by atoms with Gasteiger partial charge in [-0.15, -0.1) is 0 Å². The standard InChI is InChI=1S/C40H28Cl6N8O6/c1-19(55)33(53-51-23-13-15-27(41)25(17-23)37(57)49-35-29(43)5-3-6-30(35)44)39(59)47-21-9-11-22(12-10-21)48-40(60)34(20(2)56)54-52-24-14-16-28(42)26(18-24)38(58)50-36-31(45)7-4-8-32(36)46/h3-18,33-34H,1-2H3,(H,47,59)(H,48,60)(H,49,57)(H,50,58). The number of azo groups is 2. The van der Waals surface area contributed by atoms with Crippen molar-refractivity contribution in [1.29, 1.82) is 0 Å². The first-order valence-electron chi connectivity index (χ1n) is 17.2. The lowest BCUT2D eigenvalue weighted by atomic mass is 10.1. The van der Waals surface area contributed by atoms with Gasteiger partial charge in [-0.05, 0) is 98.8 Å². The number of nitrogens with one attached hydrogen (secondary N) is 4. The number of halogens is 6. The number of carbonyl (C=O) groups excluding carboxylic acids is 6. The fraction of sp³-hybridized carbons (Fsp3) is 0.100. The SMILES string of the molecule is CC(=O)C(N=Nc1ccc(Cl)c(C(=O)Nc2c(Cl)cccc2Cl)c1)C(=O)Nc1ccc(NC(=O)C(N=Nc2ccc(Cl)c(C(=O)Nc3c(Cl)cccc3Cl)c2)C(C)=O)cc1. The quantitative estimate of drug-likeness (QED) is 0.0630. The van der Waals surface area contributed by atoms with Crippen LogP contribution in [0.2, 0.25) is 30.1 Å². The molecule has 14 nitrogen and oxygen atoms in total. The van der Waals surface area contributed by atoms with Crippen LogP contribution in [-0.2, 0) is 19.2 Å². The Hall–Kier alpha value is -5.74. The second-order valence-electron chi connectivity index (χ2n) is 12.4. The highest BCUT2D eigenvalue weighted by atomic mass is 35.5. The minimum atomic E-state index is -1.58. The molecule has 0 aliphatic carbocycles. The number of Topliss-reactive ketones (excluding diaryl/α,β-unsaturated/α-hetero) is 2. The van der Waals surface area contributed by atoms with E-state index in [9.17, 15) is 28.8 Å². The topological polar surface area (TPSA) is 200 Å². The number of nitrogens with zero attached hydrogens (tertiary/aromatic N) is 4. The average Bonchev–Trinajstić information content (AvgIpc) is 3.19. The molecule has 20 heteroatoms. The van der Waals surface area contributed by atoms with Crippen molar-refractivity contribution in [2.45, 2.75) is 25.9 Å². The van der Waals surface area contributed by atoms with Crippen LogP contribution < -0.4 is 21.3 Å². The molecule has 0 fully saturated rings. The molecule has 0 spiro atoms. The number of benzene rings is 5. The summed E-state index contributed by atoms with van der Waals surface area (Å²) < 4.78 is 0. The third-order valence-electron chi connectivity index (χ3n) is 8.06. The average molecular weight is 929 g/mol. The molecule has 0 aromatic heterocycles. The molecule has 0 saturated carbocycles. The number of ketones is 2. The van der Waals surface area contributed by atoms with Gasteiger partial charge in [0.1, 0.15) is 0 Å². The molecule has 5 rings (SSSR count). The Morgan fingerprint density at radius 1 is 0.450 bits per heavy atom. The summed E-state index contributed by atoms with van der Waals surface area (Å²) in [6.45, 7) is 2.31. The minimum Gasteiger partial charge on any atom is -0.324 e. The summed E-state index contributed by atoms with van der Waals surface area (Å²) in [5.74, 6) is -4.21. The van der Waals surface area contributed by atoms with Crippen LogP contribution in [0, 0.1) is 0 Å². The summed E-state index contributed by atoms with van der Waals surface area (Å²) in [5, 5.41) is 27.1. The van der Waals surface area contributed by atoms with Gasteiger partial charge in [-0.2, -0.15) is 20.5 Å². The van der Waals surface area contributed by atoms with Crippen LogP contribution in [0.3, 0.4) is 0 Å². The van der Waals surface area contributed by atoms with Crippen LogP contribution in [0.25, 0.3) is 0 Å². The van der Waals surface area contributed by atoms with E-state index < -0.39 is 47.3 Å². The van der Waals surface area contributed by atoms with Crippen LogP contribution in [0.5, 0.6) is 0 Å². The maximum absolute atomic E-state index is 13.1. The van der Waals surface area contributed by atoms with Crippen LogP contribution in [0.4, 0.5) is 34.1 Å². The van der Waals surface area contributed by atoms with E-state index in [-0.39, 0.29) is 75.4 Å². The fourth-order valence-corrected chi connectivity index (χ4v) is 6.43. The number of para-hydroxylation sites is 2. The summed E-state index contributed by atoms with van der Waals surface area (Å²) in [4.78, 5) is 77.1. The molecule has 0 radical (unpaired) electrons. The second kappa shape index (κ2) is 20.5. The van der Waals surface area contributed by atoms with E-state index in [1.54, 1.807) is 36.4 Å².